The Balaban J connectivity index is 4.05. The van der Waals surface area contributed by atoms with Gasteiger partial charge in [-0.3, -0.25) is 14.4 Å². The van der Waals surface area contributed by atoms with Crippen LogP contribution in [-0.2, 0) is 28.6 Å². The molecule has 0 bridgehead atoms. The summed E-state index contributed by atoms with van der Waals surface area (Å²) in [6.45, 7) is 6.40. The fraction of sp³-hybridized carbons (Fsp3) is 0.732. The molecule has 0 aromatic rings. The summed E-state index contributed by atoms with van der Waals surface area (Å²) in [4.78, 5) is 38.1. The number of ether oxygens (including phenoxy) is 3. The van der Waals surface area contributed by atoms with Crippen molar-refractivity contribution in [1.82, 2.24) is 0 Å². The average molecular weight is 1070 g/mol. The maximum atomic E-state index is 12.8. The van der Waals surface area contributed by atoms with Crippen LogP contribution in [0.25, 0.3) is 0 Å². The molecule has 0 fully saturated rings. The normalized spacial score (nSPS) is 12.7. The molecule has 0 aliphatic heterocycles. The van der Waals surface area contributed by atoms with E-state index in [-0.39, 0.29) is 31.1 Å². The standard InChI is InChI=1S/C71H122O6/c1-4-7-10-13-16-19-22-24-25-26-27-28-29-30-31-32-33-34-35-36-37-38-39-40-41-42-43-44-45-47-49-52-55-58-61-64-70(73)76-67-68(66-75-69(72)63-60-57-54-51-48-21-18-15-12-9-6-3)77-71(74)65-62-59-56-53-50-46-23-20-17-14-11-8-5-2/h7-8,10-11,16-17,19-20,24-25,27-28,30-31,46,50,68H,4-6,9,12-15,18,21-23,26,29,32-45,47-49,51-67H2,1-3H3/b10-7-,11-8-,19-16-,20-17-,25-24-,28-27-,31-30-,50-46-. The average Bonchev–Trinajstić information content (AvgIpc) is 3.43. The Hall–Kier alpha value is -3.67. The summed E-state index contributed by atoms with van der Waals surface area (Å²) in [6.07, 6.45) is 87.3. The van der Waals surface area contributed by atoms with Gasteiger partial charge in [-0.15, -0.1) is 0 Å². The summed E-state index contributed by atoms with van der Waals surface area (Å²) in [7, 11) is 0. The van der Waals surface area contributed by atoms with E-state index in [4.69, 9.17) is 14.2 Å². The van der Waals surface area contributed by atoms with E-state index >= 15 is 0 Å². The quantitative estimate of drug-likeness (QED) is 0.0261. The predicted octanol–water partition coefficient (Wildman–Crippen LogP) is 22.4. The van der Waals surface area contributed by atoms with Gasteiger partial charge in [0.15, 0.2) is 6.10 Å². The van der Waals surface area contributed by atoms with Crippen LogP contribution in [-0.4, -0.2) is 37.2 Å². The smallest absolute Gasteiger partial charge is 0.306 e. The molecular formula is C71H122O6. The number of hydrogen-bond donors (Lipinski definition) is 0. The van der Waals surface area contributed by atoms with E-state index in [0.29, 0.717) is 19.3 Å². The molecule has 0 aromatic heterocycles. The minimum atomic E-state index is -0.788. The summed E-state index contributed by atoms with van der Waals surface area (Å²) in [5, 5.41) is 0. The van der Waals surface area contributed by atoms with Gasteiger partial charge in [-0.05, 0) is 96.3 Å². The molecule has 0 aliphatic carbocycles. The summed E-state index contributed by atoms with van der Waals surface area (Å²) in [5.74, 6) is -0.903. The lowest BCUT2D eigenvalue weighted by Gasteiger charge is -2.18. The molecule has 0 N–H and O–H groups in total. The number of allylic oxidation sites excluding steroid dienone is 16. The summed E-state index contributed by atoms with van der Waals surface area (Å²) in [5.41, 5.74) is 0. The molecule has 0 spiro atoms. The highest BCUT2D eigenvalue weighted by atomic mass is 16.6. The largest absolute Gasteiger partial charge is 0.462 e. The fourth-order valence-electron chi connectivity index (χ4n) is 9.25. The molecule has 0 rings (SSSR count). The van der Waals surface area contributed by atoms with Crippen molar-refractivity contribution in [3.05, 3.63) is 97.2 Å². The van der Waals surface area contributed by atoms with Gasteiger partial charge in [0.25, 0.3) is 0 Å². The van der Waals surface area contributed by atoms with Gasteiger partial charge >= 0.3 is 17.9 Å². The number of hydrogen-bond acceptors (Lipinski definition) is 6. The van der Waals surface area contributed by atoms with Gasteiger partial charge in [-0.1, -0.05) is 298 Å². The first-order valence-electron chi connectivity index (χ1n) is 32.7. The Kier molecular flexibility index (Phi) is 61.8. The Labute approximate surface area is 477 Å². The number of rotatable bonds is 59. The van der Waals surface area contributed by atoms with Gasteiger partial charge in [0.1, 0.15) is 13.2 Å². The van der Waals surface area contributed by atoms with Crippen molar-refractivity contribution in [2.24, 2.45) is 0 Å². The second kappa shape index (κ2) is 64.9. The number of carbonyl (C=O) groups excluding carboxylic acids is 3. The zero-order valence-electron chi connectivity index (χ0n) is 50.7. The summed E-state index contributed by atoms with van der Waals surface area (Å²) in [6, 6.07) is 0. The van der Waals surface area contributed by atoms with Crippen molar-refractivity contribution in [2.75, 3.05) is 13.2 Å². The monoisotopic (exact) mass is 1070 g/mol. The third kappa shape index (κ3) is 63.0. The molecule has 442 valence electrons. The van der Waals surface area contributed by atoms with Crippen molar-refractivity contribution in [1.29, 1.82) is 0 Å². The molecule has 6 nitrogen and oxygen atoms in total. The Bertz CT molecular complexity index is 1510. The van der Waals surface area contributed by atoms with Crippen LogP contribution in [0.1, 0.15) is 316 Å². The van der Waals surface area contributed by atoms with E-state index in [1.807, 2.05) is 0 Å². The van der Waals surface area contributed by atoms with Gasteiger partial charge < -0.3 is 14.2 Å². The fourth-order valence-corrected chi connectivity index (χ4v) is 9.25. The Morgan fingerprint density at radius 2 is 0.506 bits per heavy atom. The highest BCUT2D eigenvalue weighted by molar-refractivity contribution is 5.71. The van der Waals surface area contributed by atoms with Crippen molar-refractivity contribution < 1.29 is 28.6 Å². The first-order chi connectivity index (χ1) is 38.0. The van der Waals surface area contributed by atoms with Crippen LogP contribution < -0.4 is 0 Å². The molecule has 6 heteroatoms. The van der Waals surface area contributed by atoms with E-state index < -0.39 is 6.10 Å². The molecule has 1 atom stereocenters. The number of carbonyl (C=O) groups is 3. The van der Waals surface area contributed by atoms with E-state index in [1.54, 1.807) is 0 Å². The van der Waals surface area contributed by atoms with Crippen molar-refractivity contribution >= 4 is 17.9 Å². The van der Waals surface area contributed by atoms with Crippen LogP contribution in [0.15, 0.2) is 97.2 Å². The zero-order valence-corrected chi connectivity index (χ0v) is 50.7. The Morgan fingerprint density at radius 1 is 0.273 bits per heavy atom. The van der Waals surface area contributed by atoms with Crippen LogP contribution in [0.4, 0.5) is 0 Å². The molecule has 0 heterocycles. The minimum Gasteiger partial charge on any atom is -0.462 e. The lowest BCUT2D eigenvalue weighted by Crippen LogP contribution is -2.30. The van der Waals surface area contributed by atoms with Gasteiger partial charge in [-0.2, -0.15) is 0 Å². The van der Waals surface area contributed by atoms with Crippen molar-refractivity contribution in [3.8, 4) is 0 Å². The second-order valence-electron chi connectivity index (χ2n) is 21.6. The van der Waals surface area contributed by atoms with E-state index in [9.17, 15) is 14.4 Å². The van der Waals surface area contributed by atoms with Crippen molar-refractivity contribution in [3.63, 3.8) is 0 Å². The lowest BCUT2D eigenvalue weighted by atomic mass is 10.0. The molecule has 0 aliphatic rings. The molecule has 0 amide bonds. The molecular weight excluding hydrogens is 949 g/mol. The topological polar surface area (TPSA) is 78.9 Å². The van der Waals surface area contributed by atoms with Crippen LogP contribution in [0, 0.1) is 0 Å². The van der Waals surface area contributed by atoms with Gasteiger partial charge in [0, 0.05) is 19.3 Å². The maximum absolute atomic E-state index is 12.8. The molecule has 1 unspecified atom stereocenters. The minimum absolute atomic E-state index is 0.0843. The molecule has 0 radical (unpaired) electrons. The third-order valence-corrected chi connectivity index (χ3v) is 14.1. The SMILES string of the molecule is CC/C=C\C/C=C\C/C=C\C/C=C\C/C=C\CCCCCCCCCCCCCCCCCCCCCC(=O)OCC(COC(=O)CCCCCCCCCCCCC)OC(=O)CCCCC/C=C\C/C=C\C/C=C\CC. The number of esters is 3. The molecule has 77 heavy (non-hydrogen) atoms. The maximum Gasteiger partial charge on any atom is 0.306 e. The highest BCUT2D eigenvalue weighted by Gasteiger charge is 2.19. The first kappa shape index (κ1) is 73.3. The third-order valence-electron chi connectivity index (χ3n) is 14.1. The van der Waals surface area contributed by atoms with Crippen LogP contribution in [0.5, 0.6) is 0 Å². The Morgan fingerprint density at radius 3 is 0.805 bits per heavy atom. The highest BCUT2D eigenvalue weighted by Crippen LogP contribution is 2.17. The van der Waals surface area contributed by atoms with E-state index in [1.165, 1.54) is 161 Å². The van der Waals surface area contributed by atoms with Crippen LogP contribution in [0.2, 0.25) is 0 Å². The zero-order chi connectivity index (χ0) is 55.7. The van der Waals surface area contributed by atoms with Gasteiger partial charge in [0.05, 0.1) is 0 Å². The summed E-state index contributed by atoms with van der Waals surface area (Å²) < 4.78 is 16.8. The van der Waals surface area contributed by atoms with Crippen molar-refractivity contribution in [2.45, 2.75) is 322 Å². The summed E-state index contributed by atoms with van der Waals surface area (Å²) >= 11 is 0. The molecule has 0 saturated carbocycles. The van der Waals surface area contributed by atoms with Gasteiger partial charge in [0.2, 0.25) is 0 Å². The van der Waals surface area contributed by atoms with Gasteiger partial charge in [-0.25, -0.2) is 0 Å². The first-order valence-corrected chi connectivity index (χ1v) is 32.7. The second-order valence-corrected chi connectivity index (χ2v) is 21.6. The van der Waals surface area contributed by atoms with E-state index in [2.05, 4.69) is 118 Å². The van der Waals surface area contributed by atoms with E-state index in [0.717, 1.165) is 116 Å². The predicted molar refractivity (Wildman–Crippen MR) is 334 cm³/mol. The molecule has 0 aromatic carbocycles. The molecule has 0 saturated heterocycles. The van der Waals surface area contributed by atoms with Crippen LogP contribution in [0.3, 0.4) is 0 Å². The number of unbranched alkanes of at least 4 members (excludes halogenated alkanes) is 32. The van der Waals surface area contributed by atoms with Crippen LogP contribution >= 0.6 is 0 Å². The lowest BCUT2D eigenvalue weighted by molar-refractivity contribution is -0.167.